The Hall–Kier alpha value is -3.70. The molecule has 0 bridgehead atoms. The van der Waals surface area contributed by atoms with Gasteiger partial charge in [-0.05, 0) is 36.2 Å². The number of hydrogen-bond acceptors (Lipinski definition) is 5. The Balaban J connectivity index is 1.31. The zero-order valence-corrected chi connectivity index (χ0v) is 18.7. The van der Waals surface area contributed by atoms with Crippen LogP contribution >= 0.6 is 0 Å². The molecule has 3 amide bonds. The normalized spacial score (nSPS) is 20.8. The van der Waals surface area contributed by atoms with Crippen LogP contribution in [0.15, 0.2) is 36.4 Å². The van der Waals surface area contributed by atoms with Gasteiger partial charge in [0, 0.05) is 68.1 Å². The lowest BCUT2D eigenvalue weighted by Gasteiger charge is -2.37. The highest BCUT2D eigenvalue weighted by molar-refractivity contribution is 6.06. The molecule has 5 rings (SSSR count). The maximum Gasteiger partial charge on any atom is 0.255 e. The predicted octanol–water partition coefficient (Wildman–Crippen LogP) is 1.89. The van der Waals surface area contributed by atoms with Gasteiger partial charge in [-0.3, -0.25) is 24.6 Å². The molecule has 1 atom stereocenters. The number of anilines is 1. The minimum absolute atomic E-state index is 0.184. The molecule has 0 spiro atoms. The number of terminal acetylenes is 1. The van der Waals surface area contributed by atoms with Crippen LogP contribution in [0.3, 0.4) is 0 Å². The van der Waals surface area contributed by atoms with Crippen molar-refractivity contribution in [3.63, 3.8) is 0 Å². The van der Waals surface area contributed by atoms with E-state index in [0.717, 1.165) is 36.3 Å². The number of imide groups is 1. The van der Waals surface area contributed by atoms with Crippen molar-refractivity contribution in [1.29, 1.82) is 0 Å². The SMILES string of the molecule is C#Cc1cccc(CN2CCN(c3cc(F)cc4c3CN(C3CCC(=O)NC3=O)C4=O)CC2)c1. The van der Waals surface area contributed by atoms with Gasteiger partial charge in [0.25, 0.3) is 5.91 Å². The molecule has 2 aromatic carbocycles. The number of rotatable bonds is 4. The summed E-state index contributed by atoms with van der Waals surface area (Å²) in [5, 5.41) is 2.30. The molecule has 0 radical (unpaired) electrons. The third-order valence-electron chi connectivity index (χ3n) is 6.81. The number of amides is 3. The molecule has 0 aromatic heterocycles. The van der Waals surface area contributed by atoms with Crippen molar-refractivity contribution in [2.75, 3.05) is 31.1 Å². The van der Waals surface area contributed by atoms with E-state index in [4.69, 9.17) is 6.42 Å². The Bertz CT molecular complexity index is 1210. The van der Waals surface area contributed by atoms with E-state index < -0.39 is 17.8 Å². The third kappa shape index (κ3) is 4.15. The second kappa shape index (κ2) is 8.92. The van der Waals surface area contributed by atoms with Crippen molar-refractivity contribution in [2.24, 2.45) is 0 Å². The number of carbonyl (C=O) groups is 3. The van der Waals surface area contributed by atoms with Gasteiger partial charge >= 0.3 is 0 Å². The van der Waals surface area contributed by atoms with Crippen LogP contribution in [0.2, 0.25) is 0 Å². The monoisotopic (exact) mass is 460 g/mol. The molecule has 2 saturated heterocycles. The van der Waals surface area contributed by atoms with Gasteiger partial charge in [0.05, 0.1) is 0 Å². The van der Waals surface area contributed by atoms with Gasteiger partial charge in [-0.1, -0.05) is 18.1 Å². The molecule has 3 aliphatic rings. The maximum atomic E-state index is 14.5. The fourth-order valence-corrected chi connectivity index (χ4v) is 5.05. The van der Waals surface area contributed by atoms with Crippen LogP contribution in [0, 0.1) is 18.2 Å². The van der Waals surface area contributed by atoms with E-state index in [1.165, 1.54) is 17.0 Å². The highest BCUT2D eigenvalue weighted by Crippen LogP contribution is 2.35. The Labute approximate surface area is 197 Å². The standard InChI is InChI=1S/C26H25FN4O3/c1-2-17-4-3-5-18(12-17)15-29-8-10-30(11-9-29)23-14-19(27)13-20-21(23)16-31(26(20)34)22-6-7-24(32)28-25(22)33/h1,3-5,12-14,22H,6-11,15-16H2,(H,28,32,33). The summed E-state index contributed by atoms with van der Waals surface area (Å²) in [6, 6.07) is 9.95. The minimum atomic E-state index is -0.718. The average Bonchev–Trinajstić information content (AvgIpc) is 3.15. The molecular weight excluding hydrogens is 435 g/mol. The zero-order chi connectivity index (χ0) is 23.8. The number of fused-ring (bicyclic) bond motifs is 1. The first kappa shape index (κ1) is 22.1. The van der Waals surface area contributed by atoms with Gasteiger partial charge in [-0.25, -0.2) is 4.39 Å². The fraction of sp³-hybridized carbons (Fsp3) is 0.346. The first-order valence-electron chi connectivity index (χ1n) is 11.4. The zero-order valence-electron chi connectivity index (χ0n) is 18.7. The topological polar surface area (TPSA) is 73.0 Å². The van der Waals surface area contributed by atoms with Crippen LogP contribution < -0.4 is 10.2 Å². The van der Waals surface area contributed by atoms with Gasteiger partial charge in [0.1, 0.15) is 11.9 Å². The number of carbonyl (C=O) groups excluding carboxylic acids is 3. The van der Waals surface area contributed by atoms with Crippen molar-refractivity contribution < 1.29 is 18.8 Å². The Kier molecular flexibility index (Phi) is 5.80. The van der Waals surface area contributed by atoms with E-state index in [9.17, 15) is 18.8 Å². The van der Waals surface area contributed by atoms with E-state index in [2.05, 4.69) is 27.1 Å². The van der Waals surface area contributed by atoms with Crippen LogP contribution in [0.4, 0.5) is 10.1 Å². The molecule has 0 saturated carbocycles. The molecule has 3 heterocycles. The molecule has 2 aromatic rings. The number of nitrogens with one attached hydrogen (secondary N) is 1. The van der Waals surface area contributed by atoms with Gasteiger partial charge in [-0.2, -0.15) is 0 Å². The summed E-state index contributed by atoms with van der Waals surface area (Å²) < 4.78 is 14.5. The molecule has 3 aliphatic heterocycles. The number of piperazine rings is 1. The molecule has 1 unspecified atom stereocenters. The number of nitrogens with zero attached hydrogens (tertiary/aromatic N) is 3. The van der Waals surface area contributed by atoms with Crippen LogP contribution in [0.1, 0.15) is 39.9 Å². The Morgan fingerprint density at radius 2 is 1.88 bits per heavy atom. The quantitative estimate of drug-likeness (QED) is 0.557. The largest absolute Gasteiger partial charge is 0.369 e. The van der Waals surface area contributed by atoms with Crippen molar-refractivity contribution in [2.45, 2.75) is 32.0 Å². The van der Waals surface area contributed by atoms with E-state index in [1.807, 2.05) is 18.2 Å². The third-order valence-corrected chi connectivity index (χ3v) is 6.81. The summed E-state index contributed by atoms with van der Waals surface area (Å²) >= 11 is 0. The first-order valence-corrected chi connectivity index (χ1v) is 11.4. The van der Waals surface area contributed by atoms with Crippen LogP contribution in [0.25, 0.3) is 0 Å². The summed E-state index contributed by atoms with van der Waals surface area (Å²) in [4.78, 5) is 42.8. The minimum Gasteiger partial charge on any atom is -0.369 e. The van der Waals surface area contributed by atoms with Crippen LogP contribution in [0.5, 0.6) is 0 Å². The number of piperidine rings is 1. The molecule has 8 heteroatoms. The van der Waals surface area contributed by atoms with E-state index in [0.29, 0.717) is 24.3 Å². The Morgan fingerprint density at radius 1 is 1.09 bits per heavy atom. The second-order valence-corrected chi connectivity index (χ2v) is 8.96. The summed E-state index contributed by atoms with van der Waals surface area (Å²) in [7, 11) is 0. The fourth-order valence-electron chi connectivity index (χ4n) is 5.05. The lowest BCUT2D eigenvalue weighted by atomic mass is 10.0. The van der Waals surface area contributed by atoms with Crippen molar-refractivity contribution in [1.82, 2.24) is 15.1 Å². The summed E-state index contributed by atoms with van der Waals surface area (Å²) in [5.74, 6) is 1.02. The van der Waals surface area contributed by atoms with Crippen molar-refractivity contribution in [3.05, 3.63) is 64.5 Å². The number of hydrogen-bond donors (Lipinski definition) is 1. The molecule has 2 fully saturated rings. The van der Waals surface area contributed by atoms with E-state index in [1.54, 1.807) is 0 Å². The first-order chi connectivity index (χ1) is 16.4. The average molecular weight is 461 g/mol. The summed E-state index contributed by atoms with van der Waals surface area (Å²) in [6.45, 7) is 3.98. The summed E-state index contributed by atoms with van der Waals surface area (Å²) in [6.07, 6.45) is 5.97. The highest BCUT2D eigenvalue weighted by Gasteiger charge is 2.41. The maximum absolute atomic E-state index is 14.5. The van der Waals surface area contributed by atoms with Gasteiger partial charge < -0.3 is 9.80 Å². The highest BCUT2D eigenvalue weighted by atomic mass is 19.1. The number of halogens is 1. The predicted molar refractivity (Wildman–Crippen MR) is 124 cm³/mol. The van der Waals surface area contributed by atoms with Crippen LogP contribution in [-0.4, -0.2) is 59.7 Å². The van der Waals surface area contributed by atoms with Gasteiger partial charge in [-0.15, -0.1) is 6.42 Å². The van der Waals surface area contributed by atoms with Gasteiger partial charge in [0.15, 0.2) is 0 Å². The van der Waals surface area contributed by atoms with E-state index >= 15 is 0 Å². The molecule has 0 aliphatic carbocycles. The van der Waals surface area contributed by atoms with Crippen molar-refractivity contribution in [3.8, 4) is 12.3 Å². The lowest BCUT2D eigenvalue weighted by molar-refractivity contribution is -0.136. The molecular formula is C26H25FN4O3. The molecule has 174 valence electrons. The smallest absolute Gasteiger partial charge is 0.255 e. The molecule has 1 N–H and O–H groups in total. The van der Waals surface area contributed by atoms with E-state index in [-0.39, 0.29) is 31.2 Å². The van der Waals surface area contributed by atoms with Gasteiger partial charge in [0.2, 0.25) is 11.8 Å². The Morgan fingerprint density at radius 3 is 2.62 bits per heavy atom. The lowest BCUT2D eigenvalue weighted by Crippen LogP contribution is -2.52. The summed E-state index contributed by atoms with van der Waals surface area (Å²) in [5.41, 5.74) is 3.75. The van der Waals surface area contributed by atoms with Crippen molar-refractivity contribution >= 4 is 23.4 Å². The second-order valence-electron chi connectivity index (χ2n) is 8.96. The van der Waals surface area contributed by atoms with Crippen LogP contribution in [-0.2, 0) is 22.7 Å². The number of benzene rings is 2. The molecule has 7 nitrogen and oxygen atoms in total. The molecule has 34 heavy (non-hydrogen) atoms.